The Bertz CT molecular complexity index is 834. The number of hydrazine groups is 1. The molecule has 2 aromatic rings. The van der Waals surface area contributed by atoms with Crippen LogP contribution in [0.5, 0.6) is 5.75 Å². The Hall–Kier alpha value is -3.29. The van der Waals surface area contributed by atoms with E-state index in [0.29, 0.717) is 30.2 Å². The molecule has 0 spiro atoms. The predicted octanol–water partition coefficient (Wildman–Crippen LogP) is 1.88. The zero-order chi connectivity index (χ0) is 19.9. The fourth-order valence-corrected chi connectivity index (χ4v) is 2.93. The van der Waals surface area contributed by atoms with Crippen molar-refractivity contribution in [1.29, 1.82) is 0 Å². The molecule has 1 aliphatic rings. The lowest BCUT2D eigenvalue weighted by molar-refractivity contribution is -0.129. The standard InChI is InChI=1S/C20H23N3O5/c1-2-8-27-16-6-3-5-14(10-16)19(25)21-22-20(26)15-11-18(24)23(12-15)13-17-7-4-9-28-17/h3-7,9-10,15H,2,8,11-13H2,1H3,(H,21,25)(H,22,26). The van der Waals surface area contributed by atoms with Crippen molar-refractivity contribution in [3.05, 3.63) is 54.0 Å². The van der Waals surface area contributed by atoms with E-state index in [9.17, 15) is 14.4 Å². The molecule has 3 amide bonds. The van der Waals surface area contributed by atoms with Crippen LogP contribution in [0.25, 0.3) is 0 Å². The zero-order valence-electron chi connectivity index (χ0n) is 15.6. The Morgan fingerprint density at radius 1 is 1.25 bits per heavy atom. The van der Waals surface area contributed by atoms with Gasteiger partial charge in [-0.15, -0.1) is 0 Å². The van der Waals surface area contributed by atoms with Crippen molar-refractivity contribution in [3.63, 3.8) is 0 Å². The predicted molar refractivity (Wildman–Crippen MR) is 100 cm³/mol. The van der Waals surface area contributed by atoms with Crippen LogP contribution in [0.3, 0.4) is 0 Å². The number of hydrogen-bond donors (Lipinski definition) is 2. The van der Waals surface area contributed by atoms with Gasteiger partial charge in [0.2, 0.25) is 11.8 Å². The van der Waals surface area contributed by atoms with E-state index in [-0.39, 0.29) is 18.9 Å². The number of rotatable bonds is 7. The number of nitrogens with zero attached hydrogens (tertiary/aromatic N) is 1. The van der Waals surface area contributed by atoms with E-state index in [0.717, 1.165) is 6.42 Å². The normalized spacial score (nSPS) is 16.1. The zero-order valence-corrected chi connectivity index (χ0v) is 15.6. The summed E-state index contributed by atoms with van der Waals surface area (Å²) in [6, 6.07) is 10.2. The van der Waals surface area contributed by atoms with Crippen molar-refractivity contribution in [1.82, 2.24) is 15.8 Å². The third kappa shape index (κ3) is 4.91. The fourth-order valence-electron chi connectivity index (χ4n) is 2.93. The fraction of sp³-hybridized carbons (Fsp3) is 0.350. The topological polar surface area (TPSA) is 101 Å². The number of likely N-dealkylation sites (tertiary alicyclic amines) is 1. The first-order chi connectivity index (χ1) is 13.6. The van der Waals surface area contributed by atoms with Gasteiger partial charge in [-0.25, -0.2) is 0 Å². The van der Waals surface area contributed by atoms with Gasteiger partial charge in [-0.2, -0.15) is 0 Å². The second-order valence-corrected chi connectivity index (χ2v) is 6.57. The third-order valence-electron chi connectivity index (χ3n) is 4.38. The van der Waals surface area contributed by atoms with Gasteiger partial charge in [-0.1, -0.05) is 13.0 Å². The van der Waals surface area contributed by atoms with Gasteiger partial charge in [-0.05, 0) is 36.8 Å². The summed E-state index contributed by atoms with van der Waals surface area (Å²) in [7, 11) is 0. The molecule has 2 N–H and O–H groups in total. The number of carbonyl (C=O) groups excluding carboxylic acids is 3. The third-order valence-corrected chi connectivity index (χ3v) is 4.38. The summed E-state index contributed by atoms with van der Waals surface area (Å²) in [4.78, 5) is 38.3. The molecule has 0 saturated carbocycles. The van der Waals surface area contributed by atoms with Crippen LogP contribution in [0.2, 0.25) is 0 Å². The molecule has 3 rings (SSSR count). The molecule has 28 heavy (non-hydrogen) atoms. The first-order valence-corrected chi connectivity index (χ1v) is 9.20. The molecule has 0 bridgehead atoms. The lowest BCUT2D eigenvalue weighted by atomic mass is 10.1. The minimum atomic E-state index is -0.526. The highest BCUT2D eigenvalue weighted by atomic mass is 16.5. The van der Waals surface area contributed by atoms with E-state index >= 15 is 0 Å². The summed E-state index contributed by atoms with van der Waals surface area (Å²) < 4.78 is 10.7. The molecule has 1 atom stereocenters. The van der Waals surface area contributed by atoms with Crippen LogP contribution in [0.4, 0.5) is 0 Å². The van der Waals surface area contributed by atoms with Gasteiger partial charge in [-0.3, -0.25) is 25.2 Å². The number of ether oxygens (including phenoxy) is 1. The van der Waals surface area contributed by atoms with E-state index in [4.69, 9.17) is 9.15 Å². The lowest BCUT2D eigenvalue weighted by Crippen LogP contribution is -2.45. The minimum absolute atomic E-state index is 0.1000. The van der Waals surface area contributed by atoms with Crippen molar-refractivity contribution >= 4 is 17.7 Å². The first kappa shape index (κ1) is 19.5. The molecule has 0 aliphatic carbocycles. The maximum Gasteiger partial charge on any atom is 0.269 e. The number of furan rings is 1. The maximum absolute atomic E-state index is 12.3. The molecule has 1 fully saturated rings. The molecular formula is C20H23N3O5. The number of carbonyl (C=O) groups is 3. The van der Waals surface area contributed by atoms with Gasteiger partial charge in [0.25, 0.3) is 5.91 Å². The molecule has 148 valence electrons. The Labute approximate surface area is 162 Å². The van der Waals surface area contributed by atoms with Crippen LogP contribution < -0.4 is 15.6 Å². The maximum atomic E-state index is 12.3. The summed E-state index contributed by atoms with van der Waals surface area (Å²) in [5, 5.41) is 0. The van der Waals surface area contributed by atoms with Crippen LogP contribution in [0.1, 0.15) is 35.9 Å². The monoisotopic (exact) mass is 385 g/mol. The summed E-state index contributed by atoms with van der Waals surface area (Å²) in [6.07, 6.45) is 2.50. The van der Waals surface area contributed by atoms with Crippen molar-refractivity contribution in [3.8, 4) is 5.75 Å². The van der Waals surface area contributed by atoms with Crippen LogP contribution in [-0.2, 0) is 16.1 Å². The first-order valence-electron chi connectivity index (χ1n) is 9.20. The molecule has 8 heteroatoms. The number of nitrogens with one attached hydrogen (secondary N) is 2. The molecule has 1 aromatic heterocycles. The molecule has 1 aromatic carbocycles. The van der Waals surface area contributed by atoms with E-state index in [1.807, 2.05) is 6.92 Å². The molecule has 1 unspecified atom stereocenters. The highest BCUT2D eigenvalue weighted by molar-refractivity contribution is 5.96. The van der Waals surface area contributed by atoms with Gasteiger partial charge in [0.1, 0.15) is 11.5 Å². The molecule has 0 radical (unpaired) electrons. The molecule has 1 saturated heterocycles. The number of amides is 3. The summed E-state index contributed by atoms with van der Waals surface area (Å²) >= 11 is 0. The van der Waals surface area contributed by atoms with E-state index < -0.39 is 17.7 Å². The van der Waals surface area contributed by atoms with E-state index in [1.54, 1.807) is 41.3 Å². The van der Waals surface area contributed by atoms with Gasteiger partial charge < -0.3 is 14.1 Å². The van der Waals surface area contributed by atoms with E-state index in [2.05, 4.69) is 10.9 Å². The summed E-state index contributed by atoms with van der Waals surface area (Å²) in [5.41, 5.74) is 5.17. The molecule has 2 heterocycles. The Morgan fingerprint density at radius 3 is 2.86 bits per heavy atom. The lowest BCUT2D eigenvalue weighted by Gasteiger charge is -2.15. The Morgan fingerprint density at radius 2 is 2.11 bits per heavy atom. The average Bonchev–Trinajstić information content (AvgIpc) is 3.35. The van der Waals surface area contributed by atoms with Gasteiger partial charge >= 0.3 is 0 Å². The van der Waals surface area contributed by atoms with Crippen molar-refractivity contribution in [2.75, 3.05) is 13.2 Å². The van der Waals surface area contributed by atoms with Crippen LogP contribution in [0.15, 0.2) is 47.1 Å². The molecule has 8 nitrogen and oxygen atoms in total. The van der Waals surface area contributed by atoms with Crippen molar-refractivity contribution < 1.29 is 23.5 Å². The molecule has 1 aliphatic heterocycles. The second-order valence-electron chi connectivity index (χ2n) is 6.57. The number of benzene rings is 1. The average molecular weight is 385 g/mol. The van der Waals surface area contributed by atoms with Gasteiger partial charge in [0.05, 0.1) is 25.3 Å². The van der Waals surface area contributed by atoms with Gasteiger partial charge in [0, 0.05) is 18.5 Å². The Kier molecular flexibility index (Phi) is 6.31. The second kappa shape index (κ2) is 9.07. The highest BCUT2D eigenvalue weighted by Gasteiger charge is 2.34. The van der Waals surface area contributed by atoms with Crippen LogP contribution in [-0.4, -0.2) is 35.8 Å². The van der Waals surface area contributed by atoms with Gasteiger partial charge in [0.15, 0.2) is 0 Å². The largest absolute Gasteiger partial charge is 0.494 e. The molecular weight excluding hydrogens is 362 g/mol. The van der Waals surface area contributed by atoms with Crippen molar-refractivity contribution in [2.24, 2.45) is 5.92 Å². The minimum Gasteiger partial charge on any atom is -0.494 e. The van der Waals surface area contributed by atoms with Crippen molar-refractivity contribution in [2.45, 2.75) is 26.3 Å². The number of hydrogen-bond acceptors (Lipinski definition) is 5. The highest BCUT2D eigenvalue weighted by Crippen LogP contribution is 2.20. The summed E-state index contributed by atoms with van der Waals surface area (Å²) in [5.74, 6) is -0.247. The smallest absolute Gasteiger partial charge is 0.269 e. The van der Waals surface area contributed by atoms with Crippen LogP contribution >= 0.6 is 0 Å². The summed E-state index contributed by atoms with van der Waals surface area (Å²) in [6.45, 7) is 3.16. The van der Waals surface area contributed by atoms with Crippen LogP contribution in [0, 0.1) is 5.92 Å². The SMILES string of the molecule is CCCOc1cccc(C(=O)NNC(=O)C2CC(=O)N(Cc3ccco3)C2)c1. The Balaban J connectivity index is 1.50. The quantitative estimate of drug-likeness (QED) is 0.709. The van der Waals surface area contributed by atoms with E-state index in [1.165, 1.54) is 6.26 Å².